The molecule has 3 rings (SSSR count). The number of likely N-dealkylation sites (N-methyl/N-ethyl adjacent to an activating group) is 1. The average molecular weight is 384 g/mol. The van der Waals surface area contributed by atoms with Crippen LogP contribution in [-0.4, -0.2) is 58.7 Å². The minimum Gasteiger partial charge on any atom is -0.432 e. The van der Waals surface area contributed by atoms with Crippen molar-refractivity contribution < 1.29 is 14.0 Å². The molecular formula is C17H20N8O3. The summed E-state index contributed by atoms with van der Waals surface area (Å²) < 4.78 is 5.46. The Labute approximate surface area is 160 Å². The monoisotopic (exact) mass is 384 g/mol. The quantitative estimate of drug-likeness (QED) is 0.525. The van der Waals surface area contributed by atoms with Gasteiger partial charge in [-0.05, 0) is 19.1 Å². The molecule has 11 heteroatoms. The second-order valence-electron chi connectivity index (χ2n) is 6.17. The minimum absolute atomic E-state index is 0.00287. The predicted molar refractivity (Wildman–Crippen MR) is 102 cm³/mol. The van der Waals surface area contributed by atoms with Crippen LogP contribution in [0.4, 0.5) is 11.8 Å². The van der Waals surface area contributed by atoms with Crippen molar-refractivity contribution in [2.24, 2.45) is 5.73 Å². The number of carbonyl (C=O) groups excluding carboxylic acids is 2. The van der Waals surface area contributed by atoms with Crippen molar-refractivity contribution in [3.8, 4) is 0 Å². The number of hydrogen-bond donors (Lipinski definition) is 3. The van der Waals surface area contributed by atoms with Gasteiger partial charge < -0.3 is 25.7 Å². The standard InChI is InChI=1S/C17H20N8O3/c1-9(20-15(27)16-21-10-6-4-5-7-11(10)28-16)8-25(3)17-22-14(19-2)12(13(18)26)23-24-17/h4-7,9H,8H2,1-3H3,(H2,18,26)(H,20,27)(H,19,22,24). The van der Waals surface area contributed by atoms with Crippen molar-refractivity contribution in [3.05, 3.63) is 35.9 Å². The fourth-order valence-corrected chi connectivity index (χ4v) is 2.61. The van der Waals surface area contributed by atoms with E-state index in [2.05, 4.69) is 30.8 Å². The van der Waals surface area contributed by atoms with Crippen LogP contribution >= 0.6 is 0 Å². The van der Waals surface area contributed by atoms with E-state index in [1.807, 2.05) is 19.1 Å². The van der Waals surface area contributed by atoms with Gasteiger partial charge in [-0.3, -0.25) is 9.59 Å². The molecule has 0 aliphatic carbocycles. The van der Waals surface area contributed by atoms with Crippen LogP contribution in [-0.2, 0) is 0 Å². The summed E-state index contributed by atoms with van der Waals surface area (Å²) in [4.78, 5) is 33.8. The SMILES string of the molecule is CNc1nc(N(C)CC(C)NC(=O)c2nc3ccccc3o2)nnc1C(N)=O. The van der Waals surface area contributed by atoms with E-state index in [0.717, 1.165) is 0 Å². The van der Waals surface area contributed by atoms with Crippen molar-refractivity contribution in [1.82, 2.24) is 25.5 Å². The van der Waals surface area contributed by atoms with Gasteiger partial charge in [0.1, 0.15) is 5.52 Å². The van der Waals surface area contributed by atoms with Gasteiger partial charge in [-0.25, -0.2) is 4.98 Å². The Morgan fingerprint density at radius 2 is 2.00 bits per heavy atom. The number of carbonyl (C=O) groups is 2. The maximum atomic E-state index is 12.4. The summed E-state index contributed by atoms with van der Waals surface area (Å²) in [5, 5.41) is 13.3. The molecule has 2 heterocycles. The molecule has 0 bridgehead atoms. The number of aromatic nitrogens is 4. The lowest BCUT2D eigenvalue weighted by Crippen LogP contribution is -2.41. The molecule has 1 atom stereocenters. The fraction of sp³-hybridized carbons (Fsp3) is 0.294. The Bertz CT molecular complexity index is 986. The molecule has 0 radical (unpaired) electrons. The number of benzene rings is 1. The normalized spacial score (nSPS) is 11.8. The zero-order valence-electron chi connectivity index (χ0n) is 15.6. The molecule has 0 spiro atoms. The molecule has 146 valence electrons. The van der Waals surface area contributed by atoms with Gasteiger partial charge in [0, 0.05) is 26.7 Å². The Balaban J connectivity index is 1.66. The summed E-state index contributed by atoms with van der Waals surface area (Å²) in [6.45, 7) is 2.20. The number of rotatable bonds is 7. The van der Waals surface area contributed by atoms with Gasteiger partial charge >= 0.3 is 5.91 Å². The van der Waals surface area contributed by atoms with Crippen LogP contribution < -0.4 is 21.3 Å². The highest BCUT2D eigenvalue weighted by molar-refractivity contribution is 5.95. The third-order valence-corrected chi connectivity index (χ3v) is 3.90. The molecule has 0 aliphatic rings. The van der Waals surface area contributed by atoms with Crippen LogP contribution in [0.1, 0.15) is 28.1 Å². The Kier molecular flexibility index (Phi) is 5.34. The number of nitrogens with zero attached hydrogens (tertiary/aromatic N) is 5. The minimum atomic E-state index is -0.725. The molecule has 11 nitrogen and oxygen atoms in total. The average Bonchev–Trinajstić information content (AvgIpc) is 3.11. The smallest absolute Gasteiger partial charge is 0.307 e. The molecule has 0 aliphatic heterocycles. The molecular weight excluding hydrogens is 364 g/mol. The van der Waals surface area contributed by atoms with Gasteiger partial charge in [-0.15, -0.1) is 10.2 Å². The van der Waals surface area contributed by atoms with Crippen molar-refractivity contribution in [3.63, 3.8) is 0 Å². The van der Waals surface area contributed by atoms with E-state index >= 15 is 0 Å². The predicted octanol–water partition coefficient (Wildman–Crippen LogP) is 0.408. The van der Waals surface area contributed by atoms with Crippen molar-refractivity contribution in [2.75, 3.05) is 30.9 Å². The van der Waals surface area contributed by atoms with Crippen LogP contribution in [0.15, 0.2) is 28.7 Å². The highest BCUT2D eigenvalue weighted by Gasteiger charge is 2.19. The second-order valence-corrected chi connectivity index (χ2v) is 6.17. The first-order valence-electron chi connectivity index (χ1n) is 8.49. The maximum absolute atomic E-state index is 12.4. The van der Waals surface area contributed by atoms with Crippen LogP contribution in [0.2, 0.25) is 0 Å². The lowest BCUT2D eigenvalue weighted by molar-refractivity contribution is 0.0907. The van der Waals surface area contributed by atoms with Gasteiger partial charge in [0.15, 0.2) is 17.1 Å². The summed E-state index contributed by atoms with van der Waals surface area (Å²) in [6, 6.07) is 6.87. The topological polar surface area (TPSA) is 152 Å². The summed E-state index contributed by atoms with van der Waals surface area (Å²) in [6.07, 6.45) is 0. The van der Waals surface area contributed by atoms with Gasteiger partial charge in [-0.1, -0.05) is 12.1 Å². The van der Waals surface area contributed by atoms with E-state index in [-0.39, 0.29) is 29.4 Å². The number of nitrogens with one attached hydrogen (secondary N) is 2. The first kappa shape index (κ1) is 19.0. The lowest BCUT2D eigenvalue weighted by Gasteiger charge is -2.22. The molecule has 1 aromatic carbocycles. The summed E-state index contributed by atoms with van der Waals surface area (Å²) in [5.74, 6) is -0.643. The number of oxazole rings is 1. The second kappa shape index (κ2) is 7.86. The van der Waals surface area contributed by atoms with Gasteiger partial charge in [0.05, 0.1) is 0 Å². The highest BCUT2D eigenvalue weighted by atomic mass is 16.4. The number of hydrogen-bond acceptors (Lipinski definition) is 9. The Morgan fingerprint density at radius 3 is 2.68 bits per heavy atom. The third-order valence-electron chi connectivity index (χ3n) is 3.90. The molecule has 1 unspecified atom stereocenters. The van der Waals surface area contributed by atoms with Crippen LogP contribution in [0.5, 0.6) is 0 Å². The Hall–Kier alpha value is -3.76. The lowest BCUT2D eigenvalue weighted by atomic mass is 10.3. The van der Waals surface area contributed by atoms with Crippen LogP contribution in [0, 0.1) is 0 Å². The van der Waals surface area contributed by atoms with Crippen LogP contribution in [0.25, 0.3) is 11.1 Å². The van der Waals surface area contributed by atoms with E-state index in [1.54, 1.807) is 31.1 Å². The summed E-state index contributed by atoms with van der Waals surface area (Å²) in [5.41, 5.74) is 6.36. The summed E-state index contributed by atoms with van der Waals surface area (Å²) >= 11 is 0. The van der Waals surface area contributed by atoms with E-state index in [4.69, 9.17) is 10.2 Å². The fourth-order valence-electron chi connectivity index (χ4n) is 2.61. The summed E-state index contributed by atoms with van der Waals surface area (Å²) in [7, 11) is 3.34. The molecule has 3 aromatic rings. The molecule has 0 saturated heterocycles. The number of anilines is 2. The zero-order valence-corrected chi connectivity index (χ0v) is 15.6. The van der Waals surface area contributed by atoms with Gasteiger partial charge in [-0.2, -0.15) is 4.98 Å². The molecule has 2 aromatic heterocycles. The molecule has 0 fully saturated rings. The third kappa shape index (κ3) is 3.98. The molecule has 2 amide bonds. The van der Waals surface area contributed by atoms with Crippen molar-refractivity contribution >= 4 is 34.7 Å². The van der Waals surface area contributed by atoms with Crippen molar-refractivity contribution in [2.45, 2.75) is 13.0 Å². The number of primary amides is 1. The molecule has 28 heavy (non-hydrogen) atoms. The van der Waals surface area contributed by atoms with E-state index in [9.17, 15) is 9.59 Å². The van der Waals surface area contributed by atoms with Gasteiger partial charge in [0.25, 0.3) is 11.8 Å². The first-order valence-corrected chi connectivity index (χ1v) is 8.49. The Morgan fingerprint density at radius 1 is 1.25 bits per heavy atom. The largest absolute Gasteiger partial charge is 0.432 e. The molecule has 4 N–H and O–H groups in total. The first-order chi connectivity index (χ1) is 13.4. The highest BCUT2D eigenvalue weighted by Crippen LogP contribution is 2.15. The zero-order chi connectivity index (χ0) is 20.3. The van der Waals surface area contributed by atoms with E-state index in [1.165, 1.54) is 0 Å². The molecule has 0 saturated carbocycles. The van der Waals surface area contributed by atoms with Crippen LogP contribution in [0.3, 0.4) is 0 Å². The van der Waals surface area contributed by atoms with Crippen molar-refractivity contribution in [1.29, 1.82) is 0 Å². The number of fused-ring (bicyclic) bond motifs is 1. The van der Waals surface area contributed by atoms with E-state index in [0.29, 0.717) is 17.6 Å². The van der Waals surface area contributed by atoms with Gasteiger partial charge in [0.2, 0.25) is 5.95 Å². The number of para-hydroxylation sites is 2. The number of nitrogens with two attached hydrogens (primary N) is 1. The maximum Gasteiger partial charge on any atom is 0.307 e. The van der Waals surface area contributed by atoms with E-state index < -0.39 is 11.8 Å². The number of amides is 2.